The van der Waals surface area contributed by atoms with Crippen molar-refractivity contribution in [3.05, 3.63) is 23.8 Å². The van der Waals surface area contributed by atoms with Crippen LogP contribution in [0.2, 0.25) is 0 Å². The first-order valence-corrected chi connectivity index (χ1v) is 3.64. The highest BCUT2D eigenvalue weighted by molar-refractivity contribution is 14.0. The molecular weight excluding hydrogens is 249 g/mol. The average Bonchev–Trinajstić information content (AvgIpc) is 2.10. The Morgan fingerprint density at radius 2 is 2.09 bits per heavy atom. The highest BCUT2D eigenvalue weighted by Crippen LogP contribution is 2.11. The smallest absolute Gasteiger partial charge is 0.0187 e. The third-order valence-corrected chi connectivity index (χ3v) is 1.48. The zero-order valence-electron chi connectivity index (χ0n) is 6.97. The van der Waals surface area contributed by atoms with Crippen LogP contribution in [0.4, 0.5) is 0 Å². The summed E-state index contributed by atoms with van der Waals surface area (Å²) in [6.07, 6.45) is 10.5. The van der Waals surface area contributed by atoms with Crippen LogP contribution in [-0.4, -0.2) is 6.72 Å². The second kappa shape index (κ2) is 9.88. The zero-order valence-corrected chi connectivity index (χ0v) is 9.30. The minimum atomic E-state index is 0. The van der Waals surface area contributed by atoms with Crippen molar-refractivity contribution in [2.45, 2.75) is 26.2 Å². The zero-order chi connectivity index (χ0) is 7.82. The van der Waals surface area contributed by atoms with Crippen molar-refractivity contribution in [1.29, 1.82) is 5.41 Å². The molecule has 0 radical (unpaired) electrons. The molecule has 1 nitrogen and oxygen atoms in total. The van der Waals surface area contributed by atoms with Crippen molar-refractivity contribution in [2.24, 2.45) is 0 Å². The monoisotopic (exact) mass is 265 g/mol. The van der Waals surface area contributed by atoms with Gasteiger partial charge in [0.2, 0.25) is 0 Å². The van der Waals surface area contributed by atoms with E-state index < -0.39 is 0 Å². The van der Waals surface area contributed by atoms with Gasteiger partial charge in [0.1, 0.15) is 0 Å². The SMILES string of the molecule is C=N.CCC1=CCCC=C1.I. The van der Waals surface area contributed by atoms with Crippen LogP contribution in [0.3, 0.4) is 0 Å². The number of allylic oxidation sites excluding steroid dienone is 4. The Kier molecular flexibility index (Phi) is 12.1. The van der Waals surface area contributed by atoms with Gasteiger partial charge < -0.3 is 5.41 Å². The Morgan fingerprint density at radius 3 is 2.36 bits per heavy atom. The van der Waals surface area contributed by atoms with Gasteiger partial charge in [-0.1, -0.05) is 30.7 Å². The van der Waals surface area contributed by atoms with Crippen molar-refractivity contribution < 1.29 is 0 Å². The molecule has 0 bridgehead atoms. The van der Waals surface area contributed by atoms with Crippen LogP contribution < -0.4 is 0 Å². The van der Waals surface area contributed by atoms with Crippen molar-refractivity contribution >= 4 is 30.7 Å². The fourth-order valence-corrected chi connectivity index (χ4v) is 0.930. The van der Waals surface area contributed by atoms with Gasteiger partial charge in [-0.25, -0.2) is 0 Å². The Hall–Kier alpha value is -0.120. The second-order valence-electron chi connectivity index (χ2n) is 2.11. The first-order chi connectivity index (χ1) is 4.93. The van der Waals surface area contributed by atoms with Crippen LogP contribution in [0.15, 0.2) is 23.8 Å². The van der Waals surface area contributed by atoms with E-state index in [0.29, 0.717) is 0 Å². The lowest BCUT2D eigenvalue weighted by atomic mass is 10.1. The molecule has 0 saturated heterocycles. The van der Waals surface area contributed by atoms with Crippen molar-refractivity contribution in [3.8, 4) is 0 Å². The van der Waals surface area contributed by atoms with Gasteiger partial charge in [0, 0.05) is 0 Å². The summed E-state index contributed by atoms with van der Waals surface area (Å²) in [5.41, 5.74) is 1.50. The third-order valence-electron chi connectivity index (χ3n) is 1.48. The summed E-state index contributed by atoms with van der Waals surface area (Å²) in [6.45, 7) is 4.70. The summed E-state index contributed by atoms with van der Waals surface area (Å²) in [5.74, 6) is 0. The topological polar surface area (TPSA) is 23.9 Å². The van der Waals surface area contributed by atoms with E-state index in [1.54, 1.807) is 0 Å². The van der Waals surface area contributed by atoms with Crippen LogP contribution in [0.25, 0.3) is 0 Å². The molecule has 0 unspecified atom stereocenters. The molecule has 0 aromatic carbocycles. The van der Waals surface area contributed by atoms with Gasteiger partial charge in [-0.05, 0) is 26.0 Å². The highest BCUT2D eigenvalue weighted by Gasteiger charge is 1.90. The standard InChI is InChI=1S/C8H12.CH3N.HI/c1-2-8-6-4-3-5-7-8;1-2;/h4,6-7H,2-3,5H2,1H3;2H,1H2;1H. The first kappa shape index (κ1) is 13.5. The largest absolute Gasteiger partial charge is 0.317 e. The van der Waals surface area contributed by atoms with E-state index in [1.807, 2.05) is 0 Å². The summed E-state index contributed by atoms with van der Waals surface area (Å²) in [7, 11) is 0. The van der Waals surface area contributed by atoms with E-state index in [2.05, 4.69) is 31.9 Å². The molecule has 0 aromatic heterocycles. The molecule has 1 N–H and O–H groups in total. The van der Waals surface area contributed by atoms with Crippen LogP contribution >= 0.6 is 24.0 Å². The highest BCUT2D eigenvalue weighted by atomic mass is 127. The fraction of sp³-hybridized carbons (Fsp3) is 0.444. The Balaban J connectivity index is 0. The predicted octanol–water partition coefficient (Wildman–Crippen LogP) is 3.56. The molecule has 1 aliphatic rings. The summed E-state index contributed by atoms with van der Waals surface area (Å²) in [4.78, 5) is 0. The van der Waals surface area contributed by atoms with Crippen LogP contribution in [-0.2, 0) is 0 Å². The molecule has 0 spiro atoms. The maximum Gasteiger partial charge on any atom is -0.0187 e. The molecule has 0 fully saturated rings. The van der Waals surface area contributed by atoms with E-state index in [1.165, 1.54) is 24.8 Å². The number of halogens is 1. The first-order valence-electron chi connectivity index (χ1n) is 3.64. The van der Waals surface area contributed by atoms with E-state index in [9.17, 15) is 0 Å². The lowest BCUT2D eigenvalue weighted by Crippen LogP contribution is -1.80. The molecule has 0 saturated carbocycles. The predicted molar refractivity (Wildman–Crippen MR) is 62.0 cm³/mol. The van der Waals surface area contributed by atoms with Gasteiger partial charge in [-0.2, -0.15) is 0 Å². The maximum atomic E-state index is 5.50. The lowest BCUT2D eigenvalue weighted by Gasteiger charge is -2.01. The summed E-state index contributed by atoms with van der Waals surface area (Å²) >= 11 is 0. The molecule has 2 heteroatoms. The molecular formula is C9H16IN. The van der Waals surface area contributed by atoms with Gasteiger partial charge in [-0.15, -0.1) is 24.0 Å². The van der Waals surface area contributed by atoms with Gasteiger partial charge in [0.05, 0.1) is 0 Å². The Morgan fingerprint density at radius 1 is 1.45 bits per heavy atom. The van der Waals surface area contributed by atoms with Crippen molar-refractivity contribution in [1.82, 2.24) is 0 Å². The summed E-state index contributed by atoms with van der Waals surface area (Å²) < 4.78 is 0. The van der Waals surface area contributed by atoms with Gasteiger partial charge >= 0.3 is 0 Å². The second-order valence-corrected chi connectivity index (χ2v) is 2.11. The molecule has 0 aromatic rings. The molecule has 0 atom stereocenters. The van der Waals surface area contributed by atoms with Crippen LogP contribution in [0.1, 0.15) is 26.2 Å². The summed E-state index contributed by atoms with van der Waals surface area (Å²) in [5, 5.41) is 5.50. The van der Waals surface area contributed by atoms with Gasteiger partial charge in [0.25, 0.3) is 0 Å². The van der Waals surface area contributed by atoms with Crippen molar-refractivity contribution in [3.63, 3.8) is 0 Å². The molecule has 11 heavy (non-hydrogen) atoms. The number of hydrogen-bond donors (Lipinski definition) is 1. The quantitative estimate of drug-likeness (QED) is 0.553. The van der Waals surface area contributed by atoms with Crippen LogP contribution in [0, 0.1) is 5.41 Å². The van der Waals surface area contributed by atoms with Crippen molar-refractivity contribution in [2.75, 3.05) is 0 Å². The van der Waals surface area contributed by atoms with Gasteiger partial charge in [0.15, 0.2) is 0 Å². The number of nitrogens with one attached hydrogen (secondary N) is 1. The normalized spacial score (nSPS) is 13.7. The maximum absolute atomic E-state index is 5.50. The fourth-order valence-electron chi connectivity index (χ4n) is 0.930. The minimum Gasteiger partial charge on any atom is -0.317 e. The van der Waals surface area contributed by atoms with E-state index in [0.717, 1.165) is 0 Å². The van der Waals surface area contributed by atoms with Crippen LogP contribution in [0.5, 0.6) is 0 Å². The minimum absolute atomic E-state index is 0. The molecule has 64 valence electrons. The third kappa shape index (κ3) is 6.28. The number of hydrogen-bond acceptors (Lipinski definition) is 1. The molecule has 0 heterocycles. The molecule has 1 rings (SSSR count). The Labute approximate surface area is 86.1 Å². The van der Waals surface area contributed by atoms with E-state index >= 15 is 0 Å². The molecule has 0 aliphatic heterocycles. The van der Waals surface area contributed by atoms with E-state index in [4.69, 9.17) is 5.41 Å². The average molecular weight is 265 g/mol. The lowest BCUT2D eigenvalue weighted by molar-refractivity contribution is 0.984. The number of rotatable bonds is 1. The molecule has 1 aliphatic carbocycles. The van der Waals surface area contributed by atoms with E-state index in [-0.39, 0.29) is 24.0 Å². The van der Waals surface area contributed by atoms with Gasteiger partial charge in [-0.3, -0.25) is 0 Å². The Bertz CT molecular complexity index is 138. The molecule has 0 amide bonds. The summed E-state index contributed by atoms with van der Waals surface area (Å²) in [6, 6.07) is 0.